The van der Waals surface area contributed by atoms with E-state index in [1.54, 1.807) is 6.92 Å². The van der Waals surface area contributed by atoms with Crippen LogP contribution in [0.5, 0.6) is 0 Å². The molecule has 1 N–H and O–H groups in total. The number of alkyl halides is 3. The van der Waals surface area contributed by atoms with E-state index in [0.717, 1.165) is 12.1 Å². The number of hydrogen-bond acceptors (Lipinski definition) is 5. The average molecular weight is 408 g/mol. The summed E-state index contributed by atoms with van der Waals surface area (Å²) in [6.45, 7) is 1.64. The van der Waals surface area contributed by atoms with Crippen LogP contribution in [0.15, 0.2) is 49.2 Å². The van der Waals surface area contributed by atoms with Crippen molar-refractivity contribution < 1.29 is 18.0 Å². The van der Waals surface area contributed by atoms with Gasteiger partial charge in [0.15, 0.2) is 0 Å². The Morgan fingerprint density at radius 3 is 2.46 bits per heavy atom. The molecule has 6 nitrogen and oxygen atoms in total. The van der Waals surface area contributed by atoms with Crippen molar-refractivity contribution in [2.45, 2.75) is 19.1 Å². The monoisotopic (exact) mass is 407 g/mol. The van der Waals surface area contributed by atoms with E-state index in [-0.39, 0.29) is 10.6 Å². The lowest BCUT2D eigenvalue weighted by Gasteiger charge is -2.16. The highest BCUT2D eigenvalue weighted by Crippen LogP contribution is 2.32. The van der Waals surface area contributed by atoms with Gasteiger partial charge in [0, 0.05) is 35.4 Å². The van der Waals surface area contributed by atoms with Crippen molar-refractivity contribution in [3.8, 4) is 11.4 Å². The molecule has 1 atom stereocenters. The van der Waals surface area contributed by atoms with Crippen LogP contribution in [0.2, 0.25) is 5.02 Å². The molecule has 3 rings (SSSR count). The summed E-state index contributed by atoms with van der Waals surface area (Å²) in [4.78, 5) is 29.1. The summed E-state index contributed by atoms with van der Waals surface area (Å²) < 4.78 is 38.9. The fourth-order valence-electron chi connectivity index (χ4n) is 2.52. The molecule has 2 heterocycles. The summed E-state index contributed by atoms with van der Waals surface area (Å²) in [5.74, 6) is -0.726. The molecule has 0 bridgehead atoms. The van der Waals surface area contributed by atoms with Gasteiger partial charge in [0.05, 0.1) is 23.5 Å². The normalized spacial score (nSPS) is 12.5. The van der Waals surface area contributed by atoms with Crippen molar-refractivity contribution >= 4 is 17.5 Å². The lowest BCUT2D eigenvalue weighted by molar-refractivity contribution is -0.137. The van der Waals surface area contributed by atoms with Gasteiger partial charge in [-0.15, -0.1) is 0 Å². The highest BCUT2D eigenvalue weighted by atomic mass is 35.5. The Bertz CT molecular complexity index is 998. The van der Waals surface area contributed by atoms with Crippen molar-refractivity contribution in [2.75, 3.05) is 0 Å². The first-order valence-corrected chi connectivity index (χ1v) is 8.39. The van der Waals surface area contributed by atoms with Gasteiger partial charge in [0.1, 0.15) is 11.4 Å². The smallest absolute Gasteiger partial charge is 0.344 e. The number of benzene rings is 1. The molecule has 28 heavy (non-hydrogen) atoms. The second-order valence-electron chi connectivity index (χ2n) is 5.80. The molecule has 0 fully saturated rings. The van der Waals surface area contributed by atoms with E-state index in [4.69, 9.17) is 11.6 Å². The zero-order chi connectivity index (χ0) is 20.3. The van der Waals surface area contributed by atoms with Gasteiger partial charge in [0.25, 0.3) is 5.91 Å². The highest BCUT2D eigenvalue weighted by Gasteiger charge is 2.32. The van der Waals surface area contributed by atoms with E-state index < -0.39 is 23.7 Å². The molecule has 1 amide bonds. The van der Waals surface area contributed by atoms with Crippen molar-refractivity contribution in [3.05, 3.63) is 71.0 Å². The molecule has 0 saturated carbocycles. The number of aromatic nitrogens is 4. The number of carbonyl (C=O) groups is 1. The number of nitrogens with one attached hydrogen (secondary N) is 1. The quantitative estimate of drug-likeness (QED) is 0.704. The minimum absolute atomic E-state index is 0.188. The van der Waals surface area contributed by atoms with Gasteiger partial charge in [-0.05, 0) is 25.1 Å². The van der Waals surface area contributed by atoms with Gasteiger partial charge in [-0.25, -0.2) is 0 Å². The Morgan fingerprint density at radius 2 is 1.79 bits per heavy atom. The summed E-state index contributed by atoms with van der Waals surface area (Å²) in [5.41, 5.74) is 0.0443. The molecule has 0 saturated heterocycles. The van der Waals surface area contributed by atoms with Crippen LogP contribution in [-0.2, 0) is 6.18 Å². The van der Waals surface area contributed by atoms with Crippen LogP contribution in [0, 0.1) is 0 Å². The molecule has 0 radical (unpaired) electrons. The Kier molecular flexibility index (Phi) is 5.55. The number of halogens is 4. The Balaban J connectivity index is 1.88. The second-order valence-corrected chi connectivity index (χ2v) is 6.24. The molecular formula is C18H13ClF3N5O. The van der Waals surface area contributed by atoms with Gasteiger partial charge < -0.3 is 5.32 Å². The van der Waals surface area contributed by atoms with Crippen LogP contribution in [0.25, 0.3) is 11.4 Å². The van der Waals surface area contributed by atoms with E-state index in [9.17, 15) is 18.0 Å². The number of carbonyl (C=O) groups excluding carboxylic acids is 1. The number of hydrogen-bond donors (Lipinski definition) is 1. The molecule has 2 aromatic heterocycles. The highest BCUT2D eigenvalue weighted by molar-refractivity contribution is 6.31. The third-order valence-corrected chi connectivity index (χ3v) is 4.00. The first-order chi connectivity index (χ1) is 13.3. The summed E-state index contributed by atoms with van der Waals surface area (Å²) in [6, 6.07) is 2.01. The zero-order valence-electron chi connectivity index (χ0n) is 14.4. The Hall–Kier alpha value is -3.07. The summed E-state index contributed by atoms with van der Waals surface area (Å²) in [6.07, 6.45) is 2.78. The summed E-state index contributed by atoms with van der Waals surface area (Å²) in [7, 11) is 0. The van der Waals surface area contributed by atoms with Crippen LogP contribution in [0.4, 0.5) is 13.2 Å². The molecule has 10 heteroatoms. The standard InChI is InChI=1S/C18H13ClF3N5O/c1-10(15-16(26-5-4-25-15)14-9-23-2-3-24-14)27-17(28)11-6-12(18(20,21)22)8-13(19)7-11/h2-10H,1H3,(H,27,28). The average Bonchev–Trinajstić information content (AvgIpc) is 2.67. The van der Waals surface area contributed by atoms with E-state index in [2.05, 4.69) is 25.3 Å². The molecule has 0 aliphatic heterocycles. The fraction of sp³-hybridized carbons (Fsp3) is 0.167. The van der Waals surface area contributed by atoms with Crippen molar-refractivity contribution in [2.24, 2.45) is 0 Å². The molecule has 0 aliphatic rings. The Morgan fingerprint density at radius 1 is 1.07 bits per heavy atom. The molecule has 0 spiro atoms. The van der Waals surface area contributed by atoms with Crippen molar-refractivity contribution in [3.63, 3.8) is 0 Å². The van der Waals surface area contributed by atoms with Gasteiger partial charge in [0.2, 0.25) is 0 Å². The van der Waals surface area contributed by atoms with Gasteiger partial charge in [-0.2, -0.15) is 13.2 Å². The third-order valence-electron chi connectivity index (χ3n) is 3.78. The van der Waals surface area contributed by atoms with Crippen LogP contribution in [-0.4, -0.2) is 25.8 Å². The first-order valence-electron chi connectivity index (χ1n) is 8.01. The predicted molar refractivity (Wildman–Crippen MR) is 95.4 cm³/mol. The molecule has 144 valence electrons. The SMILES string of the molecule is CC(NC(=O)c1cc(Cl)cc(C(F)(F)F)c1)c1nccnc1-c1cnccn1. The van der Waals surface area contributed by atoms with E-state index in [1.165, 1.54) is 37.1 Å². The van der Waals surface area contributed by atoms with Crippen LogP contribution >= 0.6 is 11.6 Å². The summed E-state index contributed by atoms with van der Waals surface area (Å²) in [5, 5.41) is 2.43. The number of nitrogens with zero attached hydrogens (tertiary/aromatic N) is 4. The van der Waals surface area contributed by atoms with Crippen LogP contribution in [0.3, 0.4) is 0 Å². The largest absolute Gasteiger partial charge is 0.416 e. The topological polar surface area (TPSA) is 80.7 Å². The Labute approximate surface area is 162 Å². The van der Waals surface area contributed by atoms with E-state index >= 15 is 0 Å². The van der Waals surface area contributed by atoms with Gasteiger partial charge >= 0.3 is 6.18 Å². The first kappa shape index (κ1) is 19.7. The lowest BCUT2D eigenvalue weighted by Crippen LogP contribution is -2.28. The minimum atomic E-state index is -4.62. The van der Waals surface area contributed by atoms with Crippen LogP contribution < -0.4 is 5.32 Å². The van der Waals surface area contributed by atoms with E-state index in [0.29, 0.717) is 17.1 Å². The fourth-order valence-corrected chi connectivity index (χ4v) is 2.75. The van der Waals surface area contributed by atoms with Crippen LogP contribution in [0.1, 0.15) is 34.6 Å². The lowest BCUT2D eigenvalue weighted by atomic mass is 10.1. The van der Waals surface area contributed by atoms with Crippen molar-refractivity contribution in [1.29, 1.82) is 0 Å². The van der Waals surface area contributed by atoms with Gasteiger partial charge in [-0.3, -0.25) is 24.7 Å². The molecule has 3 aromatic rings. The summed E-state index contributed by atoms with van der Waals surface area (Å²) >= 11 is 5.74. The van der Waals surface area contributed by atoms with E-state index in [1.807, 2.05) is 0 Å². The molecule has 1 unspecified atom stereocenters. The minimum Gasteiger partial charge on any atom is -0.344 e. The predicted octanol–water partition coefficient (Wildman–Crippen LogP) is 4.10. The molecular weight excluding hydrogens is 395 g/mol. The number of amides is 1. The zero-order valence-corrected chi connectivity index (χ0v) is 15.2. The van der Waals surface area contributed by atoms with Crippen molar-refractivity contribution in [1.82, 2.24) is 25.3 Å². The third kappa shape index (κ3) is 4.42. The maximum atomic E-state index is 13.0. The molecule has 0 aliphatic carbocycles. The van der Waals surface area contributed by atoms with Gasteiger partial charge in [-0.1, -0.05) is 11.6 Å². The maximum absolute atomic E-state index is 13.0. The molecule has 1 aromatic carbocycles. The second kappa shape index (κ2) is 7.89. The number of rotatable bonds is 4. The maximum Gasteiger partial charge on any atom is 0.416 e.